The van der Waals surface area contributed by atoms with E-state index in [1.165, 1.54) is 17.7 Å². The Morgan fingerprint density at radius 1 is 1.12 bits per heavy atom. The van der Waals surface area contributed by atoms with Crippen LogP contribution in [0.3, 0.4) is 0 Å². The highest BCUT2D eigenvalue weighted by molar-refractivity contribution is 7.13. The molecule has 24 heavy (non-hydrogen) atoms. The third-order valence-electron chi connectivity index (χ3n) is 3.87. The summed E-state index contributed by atoms with van der Waals surface area (Å²) in [6.07, 6.45) is 0. The molecule has 0 saturated heterocycles. The van der Waals surface area contributed by atoms with E-state index in [9.17, 15) is 8.78 Å². The van der Waals surface area contributed by atoms with E-state index in [-0.39, 0.29) is 6.04 Å². The summed E-state index contributed by atoms with van der Waals surface area (Å²) >= 11 is 1.59. The van der Waals surface area contributed by atoms with Crippen LogP contribution in [0.2, 0.25) is 0 Å². The molecule has 3 rings (SSSR count). The van der Waals surface area contributed by atoms with Gasteiger partial charge in [0.2, 0.25) is 0 Å². The molecule has 124 valence electrons. The van der Waals surface area contributed by atoms with Crippen molar-refractivity contribution < 1.29 is 8.78 Å². The second-order valence-corrected chi connectivity index (χ2v) is 6.64. The lowest BCUT2D eigenvalue weighted by Crippen LogP contribution is -2.19. The second-order valence-electron chi connectivity index (χ2n) is 5.78. The number of nitrogens with one attached hydrogen (secondary N) is 1. The lowest BCUT2D eigenvalue weighted by molar-refractivity contribution is 0.515. The number of nitrogens with zero attached hydrogens (tertiary/aromatic N) is 1. The van der Waals surface area contributed by atoms with Crippen LogP contribution in [-0.2, 0) is 6.54 Å². The molecule has 0 fully saturated rings. The minimum Gasteiger partial charge on any atom is -0.304 e. The maximum absolute atomic E-state index is 13.8. The molecule has 0 aliphatic heterocycles. The normalized spacial score (nSPS) is 12.3. The summed E-state index contributed by atoms with van der Waals surface area (Å²) in [4.78, 5) is 4.61. The van der Waals surface area contributed by atoms with E-state index in [4.69, 9.17) is 0 Å². The smallest absolute Gasteiger partial charge is 0.130 e. The highest BCUT2D eigenvalue weighted by Gasteiger charge is 2.12. The van der Waals surface area contributed by atoms with Gasteiger partial charge in [-0.05, 0) is 19.9 Å². The molecule has 1 N–H and O–H groups in total. The van der Waals surface area contributed by atoms with Crippen molar-refractivity contribution in [3.63, 3.8) is 0 Å². The Hall–Kier alpha value is -2.11. The molecule has 1 heterocycles. The van der Waals surface area contributed by atoms with E-state index in [0.29, 0.717) is 12.1 Å². The van der Waals surface area contributed by atoms with Gasteiger partial charge >= 0.3 is 0 Å². The molecule has 0 aliphatic rings. The third kappa shape index (κ3) is 3.86. The van der Waals surface area contributed by atoms with Gasteiger partial charge < -0.3 is 5.32 Å². The first kappa shape index (κ1) is 16.7. The molecular formula is C19H18F2N2S. The average molecular weight is 344 g/mol. The highest BCUT2D eigenvalue weighted by Crippen LogP contribution is 2.24. The van der Waals surface area contributed by atoms with Crippen molar-refractivity contribution in [2.45, 2.75) is 26.4 Å². The van der Waals surface area contributed by atoms with Gasteiger partial charge in [0, 0.05) is 35.2 Å². The van der Waals surface area contributed by atoms with Crippen molar-refractivity contribution in [2.75, 3.05) is 0 Å². The largest absolute Gasteiger partial charge is 0.304 e. The van der Waals surface area contributed by atoms with Crippen LogP contribution in [0.5, 0.6) is 0 Å². The zero-order valence-electron chi connectivity index (χ0n) is 13.5. The van der Waals surface area contributed by atoms with E-state index in [0.717, 1.165) is 22.3 Å². The van der Waals surface area contributed by atoms with Crippen LogP contribution in [0, 0.1) is 18.6 Å². The van der Waals surface area contributed by atoms with Crippen molar-refractivity contribution >= 4 is 11.3 Å². The topological polar surface area (TPSA) is 24.9 Å². The van der Waals surface area contributed by atoms with Crippen LogP contribution in [-0.4, -0.2) is 4.98 Å². The molecule has 0 saturated carbocycles. The molecule has 5 heteroatoms. The summed E-state index contributed by atoms with van der Waals surface area (Å²) in [5, 5.41) is 6.19. The number of rotatable bonds is 5. The molecule has 1 atom stereocenters. The van der Waals surface area contributed by atoms with Gasteiger partial charge in [0.25, 0.3) is 0 Å². The first-order chi connectivity index (χ1) is 11.5. The second kappa shape index (κ2) is 7.20. The molecule has 0 radical (unpaired) electrons. The fraction of sp³-hybridized carbons (Fsp3) is 0.211. The van der Waals surface area contributed by atoms with Crippen molar-refractivity contribution in [3.05, 3.63) is 76.3 Å². The van der Waals surface area contributed by atoms with Crippen LogP contribution >= 0.6 is 11.3 Å². The quantitative estimate of drug-likeness (QED) is 0.684. The maximum Gasteiger partial charge on any atom is 0.130 e. The SMILES string of the molecule is Cc1ccc(-c2nc(CNC(C)c3ccc(F)cc3F)cs2)cc1. The molecular weight excluding hydrogens is 326 g/mol. The van der Waals surface area contributed by atoms with Crippen LogP contribution in [0.4, 0.5) is 8.78 Å². The number of thiazole rings is 1. The van der Waals surface area contributed by atoms with Gasteiger partial charge in [0.05, 0.1) is 5.69 Å². The average Bonchev–Trinajstić information content (AvgIpc) is 3.02. The number of hydrogen-bond acceptors (Lipinski definition) is 3. The van der Waals surface area contributed by atoms with Gasteiger partial charge in [-0.3, -0.25) is 0 Å². The summed E-state index contributed by atoms with van der Waals surface area (Å²) in [7, 11) is 0. The fourth-order valence-electron chi connectivity index (χ4n) is 2.44. The Kier molecular flexibility index (Phi) is 5.02. The number of aryl methyl sites for hydroxylation is 1. The molecule has 3 aromatic rings. The van der Waals surface area contributed by atoms with Crippen LogP contribution in [0.25, 0.3) is 10.6 Å². The van der Waals surface area contributed by atoms with E-state index in [2.05, 4.69) is 41.5 Å². The number of hydrogen-bond donors (Lipinski definition) is 1. The van der Waals surface area contributed by atoms with Crippen LogP contribution in [0.1, 0.15) is 29.8 Å². The van der Waals surface area contributed by atoms with Crippen molar-refractivity contribution in [2.24, 2.45) is 0 Å². The van der Waals surface area contributed by atoms with Gasteiger partial charge in [-0.1, -0.05) is 35.9 Å². The van der Waals surface area contributed by atoms with Crippen molar-refractivity contribution in [1.29, 1.82) is 0 Å². The number of halogens is 2. The lowest BCUT2D eigenvalue weighted by atomic mass is 10.1. The summed E-state index contributed by atoms with van der Waals surface area (Å²) in [5.74, 6) is -1.10. The van der Waals surface area contributed by atoms with Gasteiger partial charge in [-0.15, -0.1) is 11.3 Å². The van der Waals surface area contributed by atoms with Crippen molar-refractivity contribution in [3.8, 4) is 10.6 Å². The first-order valence-electron chi connectivity index (χ1n) is 7.72. The van der Waals surface area contributed by atoms with E-state index >= 15 is 0 Å². The minimum absolute atomic E-state index is 0.227. The monoisotopic (exact) mass is 344 g/mol. The van der Waals surface area contributed by atoms with Crippen molar-refractivity contribution in [1.82, 2.24) is 10.3 Å². The summed E-state index contributed by atoms with van der Waals surface area (Å²) < 4.78 is 26.8. The third-order valence-corrected chi connectivity index (χ3v) is 4.81. The molecule has 2 nitrogen and oxygen atoms in total. The van der Waals surface area contributed by atoms with Gasteiger partial charge in [0.1, 0.15) is 16.6 Å². The Labute approximate surface area is 144 Å². The van der Waals surface area contributed by atoms with E-state index < -0.39 is 11.6 Å². The summed E-state index contributed by atoms with van der Waals surface area (Å²) in [5.41, 5.74) is 3.66. The van der Waals surface area contributed by atoms with Crippen LogP contribution < -0.4 is 5.32 Å². The fourth-order valence-corrected chi connectivity index (χ4v) is 3.26. The maximum atomic E-state index is 13.8. The van der Waals surface area contributed by atoms with Gasteiger partial charge in [-0.25, -0.2) is 13.8 Å². The molecule has 1 aromatic heterocycles. The zero-order valence-corrected chi connectivity index (χ0v) is 14.3. The predicted molar refractivity (Wildman–Crippen MR) is 93.9 cm³/mol. The first-order valence-corrected chi connectivity index (χ1v) is 8.60. The zero-order chi connectivity index (χ0) is 17.1. The van der Waals surface area contributed by atoms with E-state index in [1.54, 1.807) is 11.3 Å². The molecule has 0 amide bonds. The predicted octanol–water partition coefficient (Wildman–Crippen LogP) is 5.25. The molecule has 1 unspecified atom stereocenters. The number of benzene rings is 2. The van der Waals surface area contributed by atoms with E-state index in [1.807, 2.05) is 12.3 Å². The Morgan fingerprint density at radius 3 is 2.58 bits per heavy atom. The molecule has 0 spiro atoms. The molecule has 0 bridgehead atoms. The standard InChI is InChI=1S/C19H18F2N2S/c1-12-3-5-14(6-4-12)19-23-16(11-24-19)10-22-13(2)17-8-7-15(20)9-18(17)21/h3-9,11,13,22H,10H2,1-2H3. The summed E-state index contributed by atoms with van der Waals surface area (Å²) in [6.45, 7) is 4.43. The molecule has 2 aromatic carbocycles. The summed E-state index contributed by atoms with van der Waals surface area (Å²) in [6, 6.07) is 11.7. The van der Waals surface area contributed by atoms with Gasteiger partial charge in [-0.2, -0.15) is 0 Å². The Bertz CT molecular complexity index is 828. The molecule has 0 aliphatic carbocycles. The number of aromatic nitrogens is 1. The highest BCUT2D eigenvalue weighted by atomic mass is 32.1. The Morgan fingerprint density at radius 2 is 1.88 bits per heavy atom. The van der Waals surface area contributed by atoms with Gasteiger partial charge in [0.15, 0.2) is 0 Å². The lowest BCUT2D eigenvalue weighted by Gasteiger charge is -2.14. The Balaban J connectivity index is 1.65. The minimum atomic E-state index is -0.564. The van der Waals surface area contributed by atoms with Crippen LogP contribution in [0.15, 0.2) is 47.8 Å².